The first kappa shape index (κ1) is 17.6. The van der Waals surface area contributed by atoms with E-state index in [0.717, 1.165) is 12.0 Å². The summed E-state index contributed by atoms with van der Waals surface area (Å²) in [5, 5.41) is 0. The number of cyclic esters (lactones) is 1. The van der Waals surface area contributed by atoms with Crippen LogP contribution in [0.25, 0.3) is 0 Å². The van der Waals surface area contributed by atoms with Crippen LogP contribution < -0.4 is 0 Å². The third-order valence-corrected chi connectivity index (χ3v) is 5.00. The lowest BCUT2D eigenvalue weighted by Crippen LogP contribution is -2.22. The van der Waals surface area contributed by atoms with Gasteiger partial charge in [-0.3, -0.25) is 0 Å². The minimum Gasteiger partial charge on any atom is -0.458 e. The number of rotatable bonds is 5. The van der Waals surface area contributed by atoms with Gasteiger partial charge < -0.3 is 9.47 Å². The Morgan fingerprint density at radius 3 is 2.83 bits per heavy atom. The van der Waals surface area contributed by atoms with Crippen molar-refractivity contribution in [1.82, 2.24) is 0 Å². The highest BCUT2D eigenvalue weighted by Crippen LogP contribution is 2.43. The number of allylic oxidation sites excluding steroid dienone is 5. The Morgan fingerprint density at radius 1 is 1.48 bits per heavy atom. The van der Waals surface area contributed by atoms with Crippen molar-refractivity contribution in [3.05, 3.63) is 46.8 Å². The molecule has 2 aliphatic rings. The highest BCUT2D eigenvalue weighted by Gasteiger charge is 2.29. The van der Waals surface area contributed by atoms with Crippen LogP contribution in [0.3, 0.4) is 0 Å². The predicted octanol–water partition coefficient (Wildman–Crippen LogP) is 5.21. The van der Waals surface area contributed by atoms with E-state index in [2.05, 4.69) is 32.9 Å². The molecule has 0 spiro atoms. The Bertz CT molecular complexity index is 592. The first-order valence-corrected chi connectivity index (χ1v) is 8.45. The third kappa shape index (κ3) is 4.15. The van der Waals surface area contributed by atoms with Crippen molar-refractivity contribution in [3.63, 3.8) is 0 Å². The zero-order valence-corrected chi connectivity index (χ0v) is 14.9. The summed E-state index contributed by atoms with van der Waals surface area (Å²) < 4.78 is 10.6. The van der Waals surface area contributed by atoms with E-state index in [1.165, 1.54) is 30.4 Å². The molecule has 1 aliphatic heterocycles. The van der Waals surface area contributed by atoms with Crippen LogP contribution in [0, 0.1) is 5.41 Å². The summed E-state index contributed by atoms with van der Waals surface area (Å²) in [5.41, 5.74) is 4.83. The molecule has 0 aromatic rings. The summed E-state index contributed by atoms with van der Waals surface area (Å²) in [6.07, 6.45) is 12.0. The van der Waals surface area contributed by atoms with Gasteiger partial charge in [0.05, 0.1) is 6.26 Å². The zero-order valence-electron chi connectivity index (χ0n) is 14.9. The average molecular weight is 316 g/mol. The molecule has 0 bridgehead atoms. The lowest BCUT2D eigenvalue weighted by Gasteiger charge is -2.35. The molecule has 0 aromatic heterocycles. The molecule has 1 unspecified atom stereocenters. The fourth-order valence-corrected chi connectivity index (χ4v) is 3.24. The van der Waals surface area contributed by atoms with Gasteiger partial charge in [0.2, 0.25) is 0 Å². The molecule has 2 atom stereocenters. The Labute approximate surface area is 139 Å². The molecular formula is C20H28O3. The van der Waals surface area contributed by atoms with Gasteiger partial charge in [0.25, 0.3) is 6.29 Å². The van der Waals surface area contributed by atoms with Crippen LogP contribution >= 0.6 is 0 Å². The molecule has 3 heteroatoms. The number of hydrogen-bond donors (Lipinski definition) is 0. The van der Waals surface area contributed by atoms with E-state index < -0.39 is 6.29 Å². The first-order valence-electron chi connectivity index (χ1n) is 8.45. The van der Waals surface area contributed by atoms with Gasteiger partial charge in [-0.2, -0.15) is 0 Å². The van der Waals surface area contributed by atoms with Crippen molar-refractivity contribution < 1.29 is 14.3 Å². The van der Waals surface area contributed by atoms with Gasteiger partial charge in [-0.05, 0) is 63.0 Å². The minimum atomic E-state index is -0.595. The molecule has 0 N–H and O–H groups in total. The van der Waals surface area contributed by atoms with Gasteiger partial charge in [-0.15, -0.1) is 0 Å². The van der Waals surface area contributed by atoms with Crippen LogP contribution in [0.1, 0.15) is 60.3 Å². The maximum absolute atomic E-state index is 11.3. The van der Waals surface area contributed by atoms with Gasteiger partial charge in [0, 0.05) is 11.6 Å². The van der Waals surface area contributed by atoms with Crippen LogP contribution in [0.5, 0.6) is 0 Å². The van der Waals surface area contributed by atoms with Crippen LogP contribution in [0.2, 0.25) is 0 Å². The molecule has 1 heterocycles. The van der Waals surface area contributed by atoms with Crippen LogP contribution in [-0.2, 0) is 14.3 Å². The standard InChI is InChI=1S/C20H28O3/c1-6-20(5)11-7-8-15(3)17(20)10-9-14(2)13-22-18-12-16(4)19(21)23-18/h9-10,12-13,18H,6-8,11H2,1-5H3/b10-9+,14-13-/t18?,20-/m0/s1. The topological polar surface area (TPSA) is 35.5 Å². The third-order valence-electron chi connectivity index (χ3n) is 5.00. The lowest BCUT2D eigenvalue weighted by molar-refractivity contribution is -0.152. The monoisotopic (exact) mass is 316 g/mol. The smallest absolute Gasteiger partial charge is 0.336 e. The lowest BCUT2D eigenvalue weighted by atomic mass is 9.69. The van der Waals surface area contributed by atoms with Crippen molar-refractivity contribution in [2.45, 2.75) is 66.6 Å². The van der Waals surface area contributed by atoms with Crippen molar-refractivity contribution >= 4 is 5.97 Å². The highest BCUT2D eigenvalue weighted by molar-refractivity contribution is 5.89. The van der Waals surface area contributed by atoms with Crippen molar-refractivity contribution in [2.24, 2.45) is 5.41 Å². The molecule has 1 aliphatic carbocycles. The maximum Gasteiger partial charge on any atom is 0.336 e. The zero-order chi connectivity index (χ0) is 17.0. The molecule has 23 heavy (non-hydrogen) atoms. The molecule has 0 amide bonds. The fraction of sp³-hybridized carbons (Fsp3) is 0.550. The van der Waals surface area contributed by atoms with E-state index in [0.29, 0.717) is 5.57 Å². The number of carbonyl (C=O) groups is 1. The Kier molecular flexibility index (Phi) is 5.51. The summed E-state index contributed by atoms with van der Waals surface area (Å²) in [6, 6.07) is 0. The van der Waals surface area contributed by atoms with E-state index in [1.54, 1.807) is 19.3 Å². The second kappa shape index (κ2) is 7.20. The SMILES string of the molecule is CC[C@@]1(C)CCCC(C)=C1/C=C/C(C)=C\OC1C=C(C)C(=O)O1. The summed E-state index contributed by atoms with van der Waals surface area (Å²) in [7, 11) is 0. The summed E-state index contributed by atoms with van der Waals surface area (Å²) >= 11 is 0. The number of esters is 1. The predicted molar refractivity (Wildman–Crippen MR) is 92.6 cm³/mol. The number of ether oxygens (including phenoxy) is 2. The van der Waals surface area contributed by atoms with E-state index in [-0.39, 0.29) is 11.4 Å². The maximum atomic E-state index is 11.3. The number of hydrogen-bond acceptors (Lipinski definition) is 3. The molecule has 0 aromatic carbocycles. The van der Waals surface area contributed by atoms with Crippen LogP contribution in [0.4, 0.5) is 0 Å². The normalized spacial score (nSPS) is 29.1. The Hall–Kier alpha value is -1.77. The van der Waals surface area contributed by atoms with E-state index in [1.807, 2.05) is 6.92 Å². The molecule has 0 saturated carbocycles. The summed E-state index contributed by atoms with van der Waals surface area (Å²) in [6.45, 7) is 10.6. The molecule has 0 radical (unpaired) electrons. The van der Waals surface area contributed by atoms with E-state index in [9.17, 15) is 4.79 Å². The molecular weight excluding hydrogens is 288 g/mol. The molecule has 0 fully saturated rings. The van der Waals surface area contributed by atoms with Crippen molar-refractivity contribution in [2.75, 3.05) is 0 Å². The Balaban J connectivity index is 2.04. The fourth-order valence-electron chi connectivity index (χ4n) is 3.24. The van der Waals surface area contributed by atoms with Gasteiger partial charge in [0.1, 0.15) is 0 Å². The quantitative estimate of drug-likeness (QED) is 0.397. The van der Waals surface area contributed by atoms with Crippen LogP contribution in [0.15, 0.2) is 46.8 Å². The molecule has 0 saturated heterocycles. The van der Waals surface area contributed by atoms with Crippen molar-refractivity contribution in [1.29, 1.82) is 0 Å². The van der Waals surface area contributed by atoms with Crippen LogP contribution in [-0.4, -0.2) is 12.3 Å². The molecule has 3 nitrogen and oxygen atoms in total. The summed E-state index contributed by atoms with van der Waals surface area (Å²) in [5.74, 6) is -0.307. The van der Waals surface area contributed by atoms with Gasteiger partial charge in [-0.25, -0.2) is 4.79 Å². The molecule has 2 rings (SSSR count). The van der Waals surface area contributed by atoms with Gasteiger partial charge in [-0.1, -0.05) is 31.6 Å². The first-order chi connectivity index (χ1) is 10.9. The Morgan fingerprint density at radius 2 is 2.22 bits per heavy atom. The number of carbonyl (C=O) groups excluding carboxylic acids is 1. The second-order valence-electron chi connectivity index (χ2n) is 6.92. The second-order valence-corrected chi connectivity index (χ2v) is 6.92. The highest BCUT2D eigenvalue weighted by atomic mass is 16.7. The van der Waals surface area contributed by atoms with Gasteiger partial charge >= 0.3 is 5.97 Å². The minimum absolute atomic E-state index is 0.279. The van der Waals surface area contributed by atoms with E-state index in [4.69, 9.17) is 9.47 Å². The van der Waals surface area contributed by atoms with Gasteiger partial charge in [0.15, 0.2) is 0 Å². The summed E-state index contributed by atoms with van der Waals surface area (Å²) in [4.78, 5) is 11.3. The largest absolute Gasteiger partial charge is 0.458 e. The average Bonchev–Trinajstić information content (AvgIpc) is 2.83. The van der Waals surface area contributed by atoms with E-state index >= 15 is 0 Å². The van der Waals surface area contributed by atoms with Crippen molar-refractivity contribution in [3.8, 4) is 0 Å². The molecule has 126 valence electrons.